The van der Waals surface area contributed by atoms with E-state index < -0.39 is 36.1 Å². The quantitative estimate of drug-likeness (QED) is 0.589. The van der Waals surface area contributed by atoms with Gasteiger partial charge < -0.3 is 14.2 Å². The third-order valence-electron chi connectivity index (χ3n) is 3.28. The number of rotatable bonds is 5. The van der Waals surface area contributed by atoms with E-state index in [4.69, 9.17) is 14.2 Å². The molecular formula is C16H17NO7. The molecule has 2 atom stereocenters. The van der Waals surface area contributed by atoms with Gasteiger partial charge in [-0.15, -0.1) is 0 Å². The van der Waals surface area contributed by atoms with Gasteiger partial charge in [0.05, 0.1) is 6.61 Å². The van der Waals surface area contributed by atoms with E-state index in [1.54, 1.807) is 37.3 Å². The third kappa shape index (κ3) is 3.70. The molecule has 0 spiro atoms. The van der Waals surface area contributed by atoms with Gasteiger partial charge >= 0.3 is 18.0 Å². The Labute approximate surface area is 138 Å². The second kappa shape index (κ2) is 7.58. The van der Waals surface area contributed by atoms with Crippen LogP contribution < -0.4 is 0 Å². The maximum absolute atomic E-state index is 12.8. The molecule has 1 aromatic carbocycles. The largest absolute Gasteiger partial charge is 0.464 e. The summed E-state index contributed by atoms with van der Waals surface area (Å²) in [6.45, 7) is 2.55. The standard InChI is InChI=1S/C16H17NO7/c1-3-22-15(20)12-9-23-16(21)17(12)14(19)13(24-10(2)18)11-7-5-4-6-8-11/h4-8,12-13H,3,9H2,1-2H3/t12-,13-/m1/s1. The van der Waals surface area contributed by atoms with Crippen molar-refractivity contribution in [3.05, 3.63) is 35.9 Å². The molecule has 1 aromatic rings. The number of hydrogen-bond acceptors (Lipinski definition) is 7. The number of nitrogens with zero attached hydrogens (tertiary/aromatic N) is 1. The third-order valence-corrected chi connectivity index (χ3v) is 3.28. The zero-order chi connectivity index (χ0) is 17.7. The molecule has 0 aromatic heterocycles. The molecule has 0 N–H and O–H groups in total. The normalized spacial score (nSPS) is 17.8. The van der Waals surface area contributed by atoms with Crippen LogP contribution in [-0.2, 0) is 28.6 Å². The molecule has 0 aliphatic carbocycles. The highest BCUT2D eigenvalue weighted by molar-refractivity contribution is 6.01. The summed E-state index contributed by atoms with van der Waals surface area (Å²) in [6, 6.07) is 6.99. The lowest BCUT2D eigenvalue weighted by Gasteiger charge is -2.23. The Balaban J connectivity index is 2.31. The number of imide groups is 1. The lowest BCUT2D eigenvalue weighted by Crippen LogP contribution is -2.47. The maximum atomic E-state index is 12.8. The molecule has 128 valence electrons. The first kappa shape index (κ1) is 17.5. The first-order valence-corrected chi connectivity index (χ1v) is 7.34. The molecule has 0 bridgehead atoms. The molecule has 2 amide bonds. The molecule has 1 fully saturated rings. The molecule has 2 rings (SSSR count). The summed E-state index contributed by atoms with van der Waals surface area (Å²) in [5.74, 6) is -2.32. The fraction of sp³-hybridized carbons (Fsp3) is 0.375. The van der Waals surface area contributed by atoms with Crippen molar-refractivity contribution in [1.29, 1.82) is 0 Å². The fourth-order valence-electron chi connectivity index (χ4n) is 2.26. The van der Waals surface area contributed by atoms with Crippen LogP contribution in [0.5, 0.6) is 0 Å². The van der Waals surface area contributed by atoms with Crippen molar-refractivity contribution >= 4 is 23.9 Å². The molecule has 0 radical (unpaired) electrons. The maximum Gasteiger partial charge on any atom is 0.417 e. The lowest BCUT2D eigenvalue weighted by atomic mass is 10.1. The van der Waals surface area contributed by atoms with E-state index in [0.717, 1.165) is 6.92 Å². The van der Waals surface area contributed by atoms with Crippen LogP contribution in [0.25, 0.3) is 0 Å². The second-order valence-electron chi connectivity index (χ2n) is 4.95. The number of benzene rings is 1. The van der Waals surface area contributed by atoms with Crippen molar-refractivity contribution < 1.29 is 33.4 Å². The van der Waals surface area contributed by atoms with Gasteiger partial charge in [0.1, 0.15) is 6.61 Å². The molecule has 0 unspecified atom stereocenters. The van der Waals surface area contributed by atoms with Crippen molar-refractivity contribution in [2.45, 2.75) is 26.0 Å². The Morgan fingerprint density at radius 3 is 2.54 bits per heavy atom. The second-order valence-corrected chi connectivity index (χ2v) is 4.95. The van der Waals surface area contributed by atoms with Crippen LogP contribution in [0.1, 0.15) is 25.5 Å². The van der Waals surface area contributed by atoms with Gasteiger partial charge in [0, 0.05) is 12.5 Å². The SMILES string of the molecule is CCOC(=O)[C@H]1COC(=O)N1C(=O)[C@H](OC(C)=O)c1ccccc1. The van der Waals surface area contributed by atoms with Crippen molar-refractivity contribution in [2.24, 2.45) is 0 Å². The van der Waals surface area contributed by atoms with Crippen molar-refractivity contribution in [3.63, 3.8) is 0 Å². The number of cyclic esters (lactones) is 1. The van der Waals surface area contributed by atoms with Gasteiger partial charge in [0.25, 0.3) is 5.91 Å². The van der Waals surface area contributed by atoms with Gasteiger partial charge in [-0.05, 0) is 6.92 Å². The summed E-state index contributed by atoms with van der Waals surface area (Å²) >= 11 is 0. The average Bonchev–Trinajstić information content (AvgIpc) is 2.94. The van der Waals surface area contributed by atoms with Crippen LogP contribution in [0.3, 0.4) is 0 Å². The number of esters is 2. The Kier molecular flexibility index (Phi) is 5.51. The smallest absolute Gasteiger partial charge is 0.417 e. The van der Waals surface area contributed by atoms with E-state index in [9.17, 15) is 19.2 Å². The van der Waals surface area contributed by atoms with Crippen molar-refractivity contribution in [3.8, 4) is 0 Å². The Bertz CT molecular complexity index is 643. The number of carbonyl (C=O) groups excluding carboxylic acids is 4. The molecular weight excluding hydrogens is 318 g/mol. The molecule has 1 saturated heterocycles. The predicted octanol–water partition coefficient (Wildman–Crippen LogP) is 1.20. The van der Waals surface area contributed by atoms with Gasteiger partial charge in [-0.3, -0.25) is 9.59 Å². The first-order chi connectivity index (χ1) is 11.5. The van der Waals surface area contributed by atoms with E-state index >= 15 is 0 Å². The zero-order valence-electron chi connectivity index (χ0n) is 13.3. The van der Waals surface area contributed by atoms with Crippen LogP contribution in [-0.4, -0.2) is 48.1 Å². The molecule has 8 nitrogen and oxygen atoms in total. The summed E-state index contributed by atoms with van der Waals surface area (Å²) in [5.41, 5.74) is 0.375. The van der Waals surface area contributed by atoms with Crippen LogP contribution >= 0.6 is 0 Å². The van der Waals surface area contributed by atoms with Crippen LogP contribution in [0.2, 0.25) is 0 Å². The van der Waals surface area contributed by atoms with Gasteiger partial charge in [-0.1, -0.05) is 30.3 Å². The fourth-order valence-corrected chi connectivity index (χ4v) is 2.26. The Morgan fingerprint density at radius 1 is 1.29 bits per heavy atom. The summed E-state index contributed by atoms with van der Waals surface area (Å²) < 4.78 is 14.7. The zero-order valence-corrected chi connectivity index (χ0v) is 13.3. The first-order valence-electron chi connectivity index (χ1n) is 7.34. The summed E-state index contributed by atoms with van der Waals surface area (Å²) in [6.07, 6.45) is -2.34. The number of hydrogen-bond donors (Lipinski definition) is 0. The molecule has 1 aliphatic rings. The number of amides is 2. The van der Waals surface area contributed by atoms with E-state index in [0.29, 0.717) is 10.5 Å². The topological polar surface area (TPSA) is 99.2 Å². The minimum absolute atomic E-state index is 0.0949. The highest BCUT2D eigenvalue weighted by Crippen LogP contribution is 2.25. The molecule has 1 heterocycles. The molecule has 24 heavy (non-hydrogen) atoms. The number of carbonyl (C=O) groups is 4. The van der Waals surface area contributed by atoms with Crippen LogP contribution in [0, 0.1) is 0 Å². The summed E-state index contributed by atoms with van der Waals surface area (Å²) in [5, 5.41) is 0. The average molecular weight is 335 g/mol. The predicted molar refractivity (Wildman–Crippen MR) is 79.6 cm³/mol. The highest BCUT2D eigenvalue weighted by Gasteiger charge is 2.46. The van der Waals surface area contributed by atoms with E-state index in [1.807, 2.05) is 0 Å². The van der Waals surface area contributed by atoms with Crippen LogP contribution in [0.15, 0.2) is 30.3 Å². The molecule has 1 aliphatic heterocycles. The van der Waals surface area contributed by atoms with Gasteiger partial charge in [0.15, 0.2) is 6.04 Å². The van der Waals surface area contributed by atoms with Crippen molar-refractivity contribution in [1.82, 2.24) is 4.90 Å². The van der Waals surface area contributed by atoms with E-state index in [2.05, 4.69) is 0 Å². The van der Waals surface area contributed by atoms with E-state index in [1.165, 1.54) is 0 Å². The highest BCUT2D eigenvalue weighted by atomic mass is 16.6. The minimum atomic E-state index is -1.36. The summed E-state index contributed by atoms with van der Waals surface area (Å²) in [7, 11) is 0. The van der Waals surface area contributed by atoms with Gasteiger partial charge in [-0.25, -0.2) is 14.5 Å². The summed E-state index contributed by atoms with van der Waals surface area (Å²) in [4.78, 5) is 48.6. The molecule has 8 heteroatoms. The monoisotopic (exact) mass is 335 g/mol. The van der Waals surface area contributed by atoms with Gasteiger partial charge in [-0.2, -0.15) is 0 Å². The Hall–Kier alpha value is -2.90. The van der Waals surface area contributed by atoms with Crippen LogP contribution in [0.4, 0.5) is 4.79 Å². The minimum Gasteiger partial charge on any atom is -0.464 e. The van der Waals surface area contributed by atoms with Gasteiger partial charge in [0.2, 0.25) is 6.10 Å². The Morgan fingerprint density at radius 2 is 1.96 bits per heavy atom. The van der Waals surface area contributed by atoms with Crippen molar-refractivity contribution in [2.75, 3.05) is 13.2 Å². The molecule has 0 saturated carbocycles. The number of ether oxygens (including phenoxy) is 3. The van der Waals surface area contributed by atoms with E-state index in [-0.39, 0.29) is 13.2 Å². The lowest BCUT2D eigenvalue weighted by molar-refractivity contribution is -0.161.